The lowest BCUT2D eigenvalue weighted by atomic mass is 10.00. The Hall–Kier alpha value is -1.53. The molecule has 2 aromatic heterocycles. The Balaban J connectivity index is 1.72. The number of piperidine rings is 1. The van der Waals surface area contributed by atoms with Crippen LogP contribution in [-0.2, 0) is 6.54 Å². The van der Waals surface area contributed by atoms with Crippen LogP contribution in [-0.4, -0.2) is 33.7 Å². The van der Waals surface area contributed by atoms with Crippen molar-refractivity contribution >= 4 is 23.3 Å². The lowest BCUT2D eigenvalue weighted by Crippen LogP contribution is -3.16. The van der Waals surface area contributed by atoms with Gasteiger partial charge in [0, 0.05) is 19.2 Å². The predicted octanol–water partition coefficient (Wildman–Crippen LogP) is 1.69. The Bertz CT molecular complexity index is 782. The lowest BCUT2D eigenvalue weighted by molar-refractivity contribution is -0.931. The van der Waals surface area contributed by atoms with Gasteiger partial charge in [-0.1, -0.05) is 6.92 Å². The summed E-state index contributed by atoms with van der Waals surface area (Å²) in [6.45, 7) is 5.35. The number of rotatable bonds is 5. The fourth-order valence-corrected chi connectivity index (χ4v) is 4.00. The Morgan fingerprint density at radius 3 is 3.17 bits per heavy atom. The maximum Gasteiger partial charge on any atom is 0.263 e. The number of aromatic nitrogens is 3. The average Bonchev–Trinajstić information content (AvgIpc) is 2.58. The van der Waals surface area contributed by atoms with Crippen molar-refractivity contribution in [1.29, 1.82) is 0 Å². The SMILES string of the molecule is CCC1CCCC[NH+]1CCCn1c(=S)[nH]c2ncccc2c1=O. The summed E-state index contributed by atoms with van der Waals surface area (Å²) in [4.78, 5) is 21.5. The van der Waals surface area contributed by atoms with Gasteiger partial charge in [0.2, 0.25) is 0 Å². The molecule has 5 nitrogen and oxygen atoms in total. The molecular formula is C17H25N4OS+. The highest BCUT2D eigenvalue weighted by Gasteiger charge is 2.23. The summed E-state index contributed by atoms with van der Waals surface area (Å²) in [5.74, 6) is 0. The first-order valence-corrected chi connectivity index (χ1v) is 9.04. The number of hydrogen-bond donors (Lipinski definition) is 2. The second kappa shape index (κ2) is 7.36. The van der Waals surface area contributed by atoms with E-state index in [2.05, 4.69) is 16.9 Å². The normalized spacial score (nSPS) is 21.6. The fraction of sp³-hybridized carbons (Fsp3) is 0.588. The number of fused-ring (bicyclic) bond motifs is 1. The third kappa shape index (κ3) is 3.53. The molecule has 2 atom stereocenters. The molecule has 124 valence electrons. The van der Waals surface area contributed by atoms with Crippen LogP contribution in [0.2, 0.25) is 0 Å². The molecule has 2 N–H and O–H groups in total. The summed E-state index contributed by atoms with van der Waals surface area (Å²) in [6.07, 6.45) is 7.93. The van der Waals surface area contributed by atoms with Crippen LogP contribution in [0.1, 0.15) is 39.0 Å². The highest BCUT2D eigenvalue weighted by molar-refractivity contribution is 7.71. The number of nitrogens with zero attached hydrogens (tertiary/aromatic N) is 2. The number of likely N-dealkylation sites (tertiary alicyclic amines) is 1. The van der Waals surface area contributed by atoms with Crippen molar-refractivity contribution in [1.82, 2.24) is 14.5 Å². The van der Waals surface area contributed by atoms with Gasteiger partial charge in [0.1, 0.15) is 5.65 Å². The molecule has 0 spiro atoms. The number of nitrogens with one attached hydrogen (secondary N) is 2. The van der Waals surface area contributed by atoms with Gasteiger partial charge in [-0.2, -0.15) is 0 Å². The van der Waals surface area contributed by atoms with E-state index >= 15 is 0 Å². The van der Waals surface area contributed by atoms with Gasteiger partial charge in [0.15, 0.2) is 4.77 Å². The number of H-pyrrole nitrogens is 1. The molecule has 0 saturated carbocycles. The maximum atomic E-state index is 12.6. The first-order chi connectivity index (χ1) is 11.2. The molecule has 2 aromatic rings. The second-order valence-corrected chi connectivity index (χ2v) is 6.79. The smallest absolute Gasteiger partial charge is 0.263 e. The number of hydrogen-bond acceptors (Lipinski definition) is 3. The van der Waals surface area contributed by atoms with E-state index in [1.54, 1.807) is 27.8 Å². The van der Waals surface area contributed by atoms with Gasteiger partial charge in [-0.05, 0) is 50.0 Å². The molecule has 0 amide bonds. The topological polar surface area (TPSA) is 55.1 Å². The maximum absolute atomic E-state index is 12.6. The lowest BCUT2D eigenvalue weighted by Gasteiger charge is -2.32. The van der Waals surface area contributed by atoms with E-state index in [9.17, 15) is 4.79 Å². The molecule has 0 aromatic carbocycles. The minimum absolute atomic E-state index is 0.0301. The van der Waals surface area contributed by atoms with E-state index in [4.69, 9.17) is 12.2 Å². The third-order valence-corrected chi connectivity index (χ3v) is 5.33. The number of aromatic amines is 1. The highest BCUT2D eigenvalue weighted by atomic mass is 32.1. The van der Waals surface area contributed by atoms with Gasteiger partial charge < -0.3 is 9.88 Å². The van der Waals surface area contributed by atoms with Crippen molar-refractivity contribution in [2.24, 2.45) is 0 Å². The van der Waals surface area contributed by atoms with E-state index < -0.39 is 0 Å². The molecule has 23 heavy (non-hydrogen) atoms. The second-order valence-electron chi connectivity index (χ2n) is 6.40. The summed E-state index contributed by atoms with van der Waals surface area (Å²) in [5, 5.41) is 0.609. The van der Waals surface area contributed by atoms with Crippen LogP contribution in [0, 0.1) is 4.77 Å². The largest absolute Gasteiger partial charge is 0.332 e. The van der Waals surface area contributed by atoms with Gasteiger partial charge in [0.25, 0.3) is 5.56 Å². The van der Waals surface area contributed by atoms with E-state index in [1.165, 1.54) is 32.2 Å². The van der Waals surface area contributed by atoms with Crippen LogP contribution < -0.4 is 10.5 Å². The highest BCUT2D eigenvalue weighted by Crippen LogP contribution is 2.06. The van der Waals surface area contributed by atoms with Crippen molar-refractivity contribution < 1.29 is 4.90 Å². The quantitative estimate of drug-likeness (QED) is 0.819. The van der Waals surface area contributed by atoms with E-state index in [-0.39, 0.29) is 5.56 Å². The summed E-state index contributed by atoms with van der Waals surface area (Å²) in [6, 6.07) is 4.38. The Morgan fingerprint density at radius 2 is 2.35 bits per heavy atom. The van der Waals surface area contributed by atoms with Gasteiger partial charge in [-0.25, -0.2) is 4.98 Å². The molecular weight excluding hydrogens is 308 g/mol. The van der Waals surface area contributed by atoms with Crippen LogP contribution in [0.4, 0.5) is 0 Å². The summed E-state index contributed by atoms with van der Waals surface area (Å²) >= 11 is 5.34. The summed E-state index contributed by atoms with van der Waals surface area (Å²) in [7, 11) is 0. The zero-order valence-electron chi connectivity index (χ0n) is 13.7. The molecule has 1 saturated heterocycles. The molecule has 2 unspecified atom stereocenters. The number of quaternary nitrogens is 1. The Labute approximate surface area is 141 Å². The molecule has 0 radical (unpaired) electrons. The zero-order valence-corrected chi connectivity index (χ0v) is 14.5. The Morgan fingerprint density at radius 1 is 1.48 bits per heavy atom. The first-order valence-electron chi connectivity index (χ1n) is 8.63. The van der Waals surface area contributed by atoms with Crippen LogP contribution >= 0.6 is 12.2 Å². The van der Waals surface area contributed by atoms with Crippen LogP contribution in [0.5, 0.6) is 0 Å². The molecule has 1 aliphatic heterocycles. The summed E-state index contributed by atoms with van der Waals surface area (Å²) < 4.78 is 2.16. The standard InChI is InChI=1S/C17H24N4OS/c1-2-13-7-3-4-10-20(13)11-6-12-21-16(22)14-8-5-9-18-15(14)19-17(21)23/h5,8-9,13H,2-4,6-7,10-12H2,1H3,(H,18,19,23)/p+1. The molecule has 1 aliphatic rings. The van der Waals surface area contributed by atoms with E-state index in [0.29, 0.717) is 22.3 Å². The molecule has 3 heterocycles. The number of pyridine rings is 1. The van der Waals surface area contributed by atoms with Gasteiger partial charge >= 0.3 is 0 Å². The van der Waals surface area contributed by atoms with Crippen molar-refractivity contribution in [3.63, 3.8) is 0 Å². The molecule has 0 bridgehead atoms. The minimum atomic E-state index is -0.0301. The fourth-order valence-electron chi connectivity index (χ4n) is 3.72. The molecule has 1 fully saturated rings. The van der Waals surface area contributed by atoms with Crippen molar-refractivity contribution in [3.8, 4) is 0 Å². The molecule has 0 aliphatic carbocycles. The summed E-state index contributed by atoms with van der Waals surface area (Å²) in [5.41, 5.74) is 0.545. The average molecular weight is 333 g/mol. The van der Waals surface area contributed by atoms with Gasteiger partial charge in [-0.15, -0.1) is 0 Å². The van der Waals surface area contributed by atoms with E-state index in [1.807, 2.05) is 0 Å². The van der Waals surface area contributed by atoms with Gasteiger partial charge in [-0.3, -0.25) is 9.36 Å². The predicted molar refractivity (Wildman–Crippen MR) is 94.4 cm³/mol. The Kier molecular flexibility index (Phi) is 5.23. The zero-order chi connectivity index (χ0) is 16.2. The molecule has 6 heteroatoms. The van der Waals surface area contributed by atoms with Crippen molar-refractivity contribution in [3.05, 3.63) is 33.5 Å². The van der Waals surface area contributed by atoms with Crippen LogP contribution in [0.25, 0.3) is 11.0 Å². The van der Waals surface area contributed by atoms with Crippen LogP contribution in [0.15, 0.2) is 23.1 Å². The van der Waals surface area contributed by atoms with Crippen molar-refractivity contribution in [2.45, 2.75) is 51.6 Å². The van der Waals surface area contributed by atoms with Crippen LogP contribution in [0.3, 0.4) is 0 Å². The third-order valence-electron chi connectivity index (χ3n) is 5.00. The molecule has 3 rings (SSSR count). The minimum Gasteiger partial charge on any atom is -0.332 e. The van der Waals surface area contributed by atoms with Gasteiger partial charge in [0.05, 0.1) is 24.5 Å². The monoisotopic (exact) mass is 333 g/mol. The van der Waals surface area contributed by atoms with E-state index in [0.717, 1.165) is 19.0 Å². The first kappa shape index (κ1) is 16.3. The van der Waals surface area contributed by atoms with Crippen molar-refractivity contribution in [2.75, 3.05) is 13.1 Å².